The zero-order valence-electron chi connectivity index (χ0n) is 16.5. The van der Waals surface area contributed by atoms with Crippen LogP contribution < -0.4 is 0 Å². The monoisotopic (exact) mass is 449 g/mol. The summed E-state index contributed by atoms with van der Waals surface area (Å²) in [5.74, 6) is -1.08. The maximum atomic E-state index is 14.4. The maximum Gasteiger partial charge on any atom is 0.277 e. The summed E-state index contributed by atoms with van der Waals surface area (Å²) in [5, 5.41) is 9.16. The molecule has 1 aliphatic rings. The number of aryl methyl sites for hydroxylation is 1. The Bertz CT molecular complexity index is 1340. The Morgan fingerprint density at radius 3 is 2.77 bits per heavy atom. The Kier molecular flexibility index (Phi) is 5.04. The fourth-order valence-electron chi connectivity index (χ4n) is 3.86. The van der Waals surface area contributed by atoms with Crippen molar-refractivity contribution in [1.29, 1.82) is 0 Å². The van der Waals surface area contributed by atoms with Gasteiger partial charge in [-0.2, -0.15) is 5.10 Å². The van der Waals surface area contributed by atoms with Crippen molar-refractivity contribution in [3.63, 3.8) is 0 Å². The largest absolute Gasteiger partial charge is 0.277 e. The molecule has 2 aromatic heterocycles. The molecule has 0 bridgehead atoms. The van der Waals surface area contributed by atoms with Gasteiger partial charge in [-0.25, -0.2) is 14.4 Å². The predicted molar refractivity (Wildman–Crippen MR) is 122 cm³/mol. The molecule has 154 valence electrons. The SMILES string of the molecule is Cc1cccc2cc([C@H]3CC(c4cccs4)=NN3C(=O)c3ccccc3F)c(Cl)nc12. The number of hydrazone groups is 1. The fraction of sp³-hybridized carbons (Fsp3) is 0.125. The van der Waals surface area contributed by atoms with Gasteiger partial charge in [0.25, 0.3) is 5.91 Å². The first-order valence-corrected chi connectivity index (χ1v) is 11.0. The van der Waals surface area contributed by atoms with Crippen LogP contribution in [0.2, 0.25) is 5.15 Å². The van der Waals surface area contributed by atoms with Crippen LogP contribution in [0.4, 0.5) is 4.39 Å². The van der Waals surface area contributed by atoms with Crippen molar-refractivity contribution >= 4 is 45.5 Å². The van der Waals surface area contributed by atoms with E-state index in [4.69, 9.17) is 11.6 Å². The number of thiophene rings is 1. The van der Waals surface area contributed by atoms with Crippen LogP contribution in [0.3, 0.4) is 0 Å². The molecule has 0 saturated carbocycles. The summed E-state index contributed by atoms with van der Waals surface area (Å²) in [5.41, 5.74) is 3.28. The fourth-order valence-corrected chi connectivity index (χ4v) is 4.85. The van der Waals surface area contributed by atoms with Crippen LogP contribution in [0, 0.1) is 12.7 Å². The number of hydrogen-bond acceptors (Lipinski definition) is 4. The van der Waals surface area contributed by atoms with Crippen LogP contribution in [0.1, 0.15) is 38.8 Å². The highest BCUT2D eigenvalue weighted by Gasteiger charge is 2.36. The van der Waals surface area contributed by atoms with E-state index in [0.29, 0.717) is 17.1 Å². The Balaban J connectivity index is 1.63. The molecule has 4 nitrogen and oxygen atoms in total. The zero-order valence-corrected chi connectivity index (χ0v) is 18.1. The van der Waals surface area contributed by atoms with Crippen LogP contribution >= 0.6 is 22.9 Å². The van der Waals surface area contributed by atoms with E-state index in [9.17, 15) is 9.18 Å². The van der Waals surface area contributed by atoms with Crippen molar-refractivity contribution < 1.29 is 9.18 Å². The normalized spacial score (nSPS) is 16.0. The minimum atomic E-state index is -0.579. The van der Waals surface area contributed by atoms with Gasteiger partial charge in [-0.1, -0.05) is 48.0 Å². The number of fused-ring (bicyclic) bond motifs is 1. The average Bonchev–Trinajstić information content (AvgIpc) is 3.44. The van der Waals surface area contributed by atoms with E-state index in [1.807, 2.05) is 48.7 Å². The molecule has 0 aliphatic carbocycles. The minimum Gasteiger partial charge on any atom is -0.267 e. The highest BCUT2D eigenvalue weighted by Crippen LogP contribution is 2.39. The standard InChI is InChI=1S/C24H17ClFN3OS/c1-14-6-4-7-15-12-17(23(25)27-22(14)15)20-13-19(21-10-5-11-31-21)28-29(20)24(30)16-8-2-3-9-18(16)26/h2-12,20H,13H2,1H3/t20-/m1/s1. The molecule has 0 spiro atoms. The quantitative estimate of drug-likeness (QED) is 0.340. The van der Waals surface area contributed by atoms with E-state index in [1.54, 1.807) is 23.5 Å². The first kappa shape index (κ1) is 19.8. The van der Waals surface area contributed by atoms with Crippen LogP contribution in [0.5, 0.6) is 0 Å². The number of aromatic nitrogens is 1. The third-order valence-electron chi connectivity index (χ3n) is 5.42. The van der Waals surface area contributed by atoms with E-state index in [-0.39, 0.29) is 5.56 Å². The Morgan fingerprint density at radius 1 is 1.16 bits per heavy atom. The van der Waals surface area contributed by atoms with Gasteiger partial charge in [0.2, 0.25) is 0 Å². The lowest BCUT2D eigenvalue weighted by atomic mass is 9.99. The topological polar surface area (TPSA) is 45.6 Å². The lowest BCUT2D eigenvalue weighted by molar-refractivity contribution is 0.0706. The van der Waals surface area contributed by atoms with Gasteiger partial charge < -0.3 is 0 Å². The second kappa shape index (κ2) is 7.87. The number of hydrogen-bond donors (Lipinski definition) is 0. The molecule has 1 aliphatic heterocycles. The van der Waals surface area contributed by atoms with Crippen molar-refractivity contribution in [2.24, 2.45) is 5.10 Å². The molecular weight excluding hydrogens is 433 g/mol. The van der Waals surface area contributed by atoms with Gasteiger partial charge in [-0.15, -0.1) is 11.3 Å². The number of halogens is 2. The number of pyridine rings is 1. The van der Waals surface area contributed by atoms with Gasteiger partial charge in [0.1, 0.15) is 11.0 Å². The number of rotatable bonds is 3. The van der Waals surface area contributed by atoms with E-state index in [1.165, 1.54) is 17.1 Å². The first-order valence-electron chi connectivity index (χ1n) is 9.78. The van der Waals surface area contributed by atoms with Crippen molar-refractivity contribution in [2.45, 2.75) is 19.4 Å². The maximum absolute atomic E-state index is 14.4. The molecule has 1 amide bonds. The van der Waals surface area contributed by atoms with Crippen LogP contribution in [-0.4, -0.2) is 21.6 Å². The molecular formula is C24H17ClFN3OS. The van der Waals surface area contributed by atoms with Gasteiger partial charge in [0.05, 0.1) is 27.7 Å². The molecule has 5 rings (SSSR count). The van der Waals surface area contributed by atoms with E-state index in [2.05, 4.69) is 10.1 Å². The van der Waals surface area contributed by atoms with Gasteiger partial charge in [-0.3, -0.25) is 4.79 Å². The van der Waals surface area contributed by atoms with Crippen molar-refractivity contribution in [2.75, 3.05) is 0 Å². The van der Waals surface area contributed by atoms with Gasteiger partial charge in [-0.05, 0) is 42.1 Å². The summed E-state index contributed by atoms with van der Waals surface area (Å²) in [4.78, 5) is 18.9. The van der Waals surface area contributed by atoms with E-state index < -0.39 is 17.8 Å². The second-order valence-electron chi connectivity index (χ2n) is 7.39. The predicted octanol–water partition coefficient (Wildman–Crippen LogP) is 6.39. The molecule has 0 fully saturated rings. The number of carbonyl (C=O) groups excluding carboxylic acids is 1. The summed E-state index contributed by atoms with van der Waals surface area (Å²) >= 11 is 8.15. The second-order valence-corrected chi connectivity index (χ2v) is 8.69. The first-order chi connectivity index (χ1) is 15.0. The molecule has 3 heterocycles. The molecule has 4 aromatic rings. The third kappa shape index (κ3) is 3.52. The Morgan fingerprint density at radius 2 is 2.00 bits per heavy atom. The number of para-hydroxylation sites is 1. The molecule has 7 heteroatoms. The molecule has 2 aromatic carbocycles. The number of carbonyl (C=O) groups is 1. The number of amides is 1. The summed E-state index contributed by atoms with van der Waals surface area (Å²) in [6.45, 7) is 1.98. The smallest absolute Gasteiger partial charge is 0.267 e. The van der Waals surface area contributed by atoms with Crippen molar-refractivity contribution in [3.8, 4) is 0 Å². The van der Waals surface area contributed by atoms with Gasteiger partial charge in [0, 0.05) is 17.4 Å². The highest BCUT2D eigenvalue weighted by molar-refractivity contribution is 7.12. The van der Waals surface area contributed by atoms with Crippen LogP contribution in [-0.2, 0) is 0 Å². The number of benzene rings is 2. The summed E-state index contributed by atoms with van der Waals surface area (Å²) < 4.78 is 14.4. The van der Waals surface area contributed by atoms with Crippen LogP contribution in [0.25, 0.3) is 10.9 Å². The molecule has 31 heavy (non-hydrogen) atoms. The Hall–Kier alpha value is -3.09. The van der Waals surface area contributed by atoms with Crippen molar-refractivity contribution in [1.82, 2.24) is 9.99 Å². The number of nitrogens with zero attached hydrogens (tertiary/aromatic N) is 3. The average molecular weight is 450 g/mol. The highest BCUT2D eigenvalue weighted by atomic mass is 35.5. The van der Waals surface area contributed by atoms with Crippen LogP contribution in [0.15, 0.2) is 71.1 Å². The lowest BCUT2D eigenvalue weighted by Gasteiger charge is -2.23. The summed E-state index contributed by atoms with van der Waals surface area (Å²) in [6.07, 6.45) is 0.472. The Labute approximate surface area is 187 Å². The summed E-state index contributed by atoms with van der Waals surface area (Å²) in [7, 11) is 0. The van der Waals surface area contributed by atoms with E-state index >= 15 is 0 Å². The van der Waals surface area contributed by atoms with Gasteiger partial charge in [0.15, 0.2) is 0 Å². The van der Waals surface area contributed by atoms with E-state index in [0.717, 1.165) is 27.1 Å². The molecule has 0 N–H and O–H groups in total. The minimum absolute atomic E-state index is 0.0237. The zero-order chi connectivity index (χ0) is 21.5. The molecule has 0 unspecified atom stereocenters. The molecule has 0 saturated heterocycles. The van der Waals surface area contributed by atoms with Crippen molar-refractivity contribution in [3.05, 3.63) is 98.6 Å². The lowest BCUT2D eigenvalue weighted by Crippen LogP contribution is -2.28. The molecule has 1 atom stereocenters. The molecule has 0 radical (unpaired) electrons. The summed E-state index contributed by atoms with van der Waals surface area (Å²) in [6, 6.07) is 17.2. The third-order valence-corrected chi connectivity index (χ3v) is 6.64. The van der Waals surface area contributed by atoms with Gasteiger partial charge >= 0.3 is 0 Å².